The second kappa shape index (κ2) is 36.7. The van der Waals surface area contributed by atoms with Crippen LogP contribution in [-0.2, 0) is 40.8 Å². The molecule has 0 heterocycles. The average Bonchev–Trinajstić information content (AvgIpc) is 2.47. The number of hydrogen-bond donors (Lipinski definition) is 0. The van der Waals surface area contributed by atoms with Crippen molar-refractivity contribution >= 4 is 29.8 Å². The Morgan fingerprint density at radius 3 is 0.586 bits per heavy atom. The van der Waals surface area contributed by atoms with Crippen LogP contribution in [0.3, 0.4) is 0 Å². The summed E-state index contributed by atoms with van der Waals surface area (Å²) in [6, 6.07) is 0. The summed E-state index contributed by atoms with van der Waals surface area (Å²) in [5.74, 6) is -4.93. The van der Waals surface area contributed by atoms with Gasteiger partial charge in [-0.1, -0.05) is 53.4 Å². The number of carboxylic acids is 5. The van der Waals surface area contributed by atoms with Gasteiger partial charge >= 0.3 is 16.8 Å². The van der Waals surface area contributed by atoms with E-state index in [1.54, 1.807) is 27.7 Å². The van der Waals surface area contributed by atoms with Gasteiger partial charge in [-0.2, -0.15) is 0 Å². The van der Waals surface area contributed by atoms with Crippen molar-refractivity contribution in [3.63, 3.8) is 0 Å². The molecular formula is C18H31CoO10-3. The largest absolute Gasteiger partial charge is 2.00 e. The molecule has 0 spiro atoms. The zero-order valence-electron chi connectivity index (χ0n) is 17.6. The van der Waals surface area contributed by atoms with Crippen LogP contribution in [0.15, 0.2) is 0 Å². The van der Waals surface area contributed by atoms with Crippen LogP contribution in [-0.4, -0.2) is 29.8 Å². The zero-order chi connectivity index (χ0) is 23.5. The summed E-state index contributed by atoms with van der Waals surface area (Å²) in [6.07, 6.45) is 3.40. The second-order valence-electron chi connectivity index (χ2n) is 4.98. The van der Waals surface area contributed by atoms with Crippen LogP contribution < -0.4 is 25.5 Å². The molecule has 0 aromatic rings. The van der Waals surface area contributed by atoms with Crippen LogP contribution in [0.25, 0.3) is 0 Å². The molecule has 175 valence electrons. The summed E-state index contributed by atoms with van der Waals surface area (Å²) in [7, 11) is 0. The summed E-state index contributed by atoms with van der Waals surface area (Å²) in [5.41, 5.74) is 0. The van der Waals surface area contributed by atoms with Gasteiger partial charge in [0.1, 0.15) is 0 Å². The van der Waals surface area contributed by atoms with Crippen LogP contribution in [0.5, 0.6) is 0 Å². The Balaban J connectivity index is -0.0000000569. The van der Waals surface area contributed by atoms with Crippen molar-refractivity contribution in [3.05, 3.63) is 0 Å². The summed E-state index contributed by atoms with van der Waals surface area (Å²) < 4.78 is 0. The van der Waals surface area contributed by atoms with Crippen molar-refractivity contribution in [1.82, 2.24) is 0 Å². The van der Waals surface area contributed by atoms with Crippen molar-refractivity contribution in [3.8, 4) is 0 Å². The van der Waals surface area contributed by atoms with Gasteiger partial charge in [0.25, 0.3) is 0 Å². The molecule has 29 heavy (non-hydrogen) atoms. The Morgan fingerprint density at radius 2 is 0.586 bits per heavy atom. The molecule has 0 amide bonds. The first-order valence-corrected chi connectivity index (χ1v) is 8.78. The van der Waals surface area contributed by atoms with Crippen LogP contribution in [0.4, 0.5) is 0 Å². The minimum atomic E-state index is -1.08. The number of carbonyl (C=O) groups is 5. The van der Waals surface area contributed by atoms with Gasteiger partial charge < -0.3 is 49.5 Å². The number of aliphatic carboxylic acids is 5. The third kappa shape index (κ3) is 151. The van der Waals surface area contributed by atoms with Crippen LogP contribution in [0, 0.1) is 0 Å². The van der Waals surface area contributed by atoms with E-state index in [1.165, 1.54) is 0 Å². The van der Waals surface area contributed by atoms with E-state index >= 15 is 0 Å². The molecule has 0 rings (SSSR count). The number of carbonyl (C=O) groups excluding carboxylic acids is 5. The first-order valence-electron chi connectivity index (χ1n) is 8.78. The predicted molar refractivity (Wildman–Crippen MR) is 90.3 cm³/mol. The van der Waals surface area contributed by atoms with Crippen LogP contribution in [0.1, 0.15) is 86.0 Å². The van der Waals surface area contributed by atoms with Crippen molar-refractivity contribution in [2.45, 2.75) is 86.0 Å². The SMILES string of the molecule is CC(=O)[O-].CCCC(=O)[O-].CCCC(=O)[O-].CCCC(=O)[O-].CCCC(=O)[O-].[Co+2]. The molecule has 0 bridgehead atoms. The van der Waals surface area contributed by atoms with E-state index in [0.29, 0.717) is 25.7 Å². The summed E-state index contributed by atoms with van der Waals surface area (Å²) in [4.78, 5) is 46.8. The maximum Gasteiger partial charge on any atom is 2.00 e. The Labute approximate surface area is 182 Å². The molecule has 0 unspecified atom stereocenters. The number of carboxylic acid groups (broad SMARTS) is 5. The Bertz CT molecular complexity index is 343. The van der Waals surface area contributed by atoms with Gasteiger partial charge in [-0.05, 0) is 32.6 Å². The standard InChI is InChI=1S/4C4H8O2.C2H4O2.Co/c4*1-2-3-4(5)6;1-2(3)4;/h4*2-3H2,1H3,(H,5,6);1H3,(H,3,4);/q;;;;;+2/p-5. The Kier molecular flexibility index (Phi) is 52.3. The van der Waals surface area contributed by atoms with E-state index in [0.717, 1.165) is 6.92 Å². The van der Waals surface area contributed by atoms with Gasteiger partial charge in [-0.25, -0.2) is 0 Å². The van der Waals surface area contributed by atoms with Crippen molar-refractivity contribution in [2.75, 3.05) is 0 Å². The quantitative estimate of drug-likeness (QED) is 0.353. The maximum atomic E-state index is 9.49. The van der Waals surface area contributed by atoms with E-state index in [2.05, 4.69) is 0 Å². The van der Waals surface area contributed by atoms with Gasteiger partial charge in [0.15, 0.2) is 0 Å². The average molecular weight is 466 g/mol. The van der Waals surface area contributed by atoms with E-state index in [1.807, 2.05) is 0 Å². The van der Waals surface area contributed by atoms with Crippen molar-refractivity contribution < 1.29 is 66.3 Å². The monoisotopic (exact) mass is 466 g/mol. The van der Waals surface area contributed by atoms with E-state index in [-0.39, 0.29) is 42.5 Å². The molecule has 0 N–H and O–H groups in total. The minimum Gasteiger partial charge on any atom is -0.550 e. The zero-order valence-corrected chi connectivity index (χ0v) is 18.6. The Morgan fingerprint density at radius 1 is 0.483 bits per heavy atom. The summed E-state index contributed by atoms with van der Waals surface area (Å²) >= 11 is 0. The minimum absolute atomic E-state index is 0. The van der Waals surface area contributed by atoms with Crippen molar-refractivity contribution in [1.29, 1.82) is 0 Å². The molecule has 0 aliphatic carbocycles. The van der Waals surface area contributed by atoms with Gasteiger partial charge in [0.05, 0.1) is 0 Å². The first-order chi connectivity index (χ1) is 12.8. The van der Waals surface area contributed by atoms with Crippen LogP contribution >= 0.6 is 0 Å². The predicted octanol–water partition coefficient (Wildman–Crippen LogP) is -3.10. The summed E-state index contributed by atoms with van der Waals surface area (Å²) in [6.45, 7) is 8.18. The molecule has 10 nitrogen and oxygen atoms in total. The second-order valence-corrected chi connectivity index (χ2v) is 4.98. The van der Waals surface area contributed by atoms with Gasteiger partial charge in [-0.3, -0.25) is 0 Å². The molecular weight excluding hydrogens is 435 g/mol. The van der Waals surface area contributed by atoms with Gasteiger partial charge in [0, 0.05) is 29.8 Å². The molecule has 11 heteroatoms. The van der Waals surface area contributed by atoms with E-state index in [9.17, 15) is 39.6 Å². The smallest absolute Gasteiger partial charge is 0.550 e. The third-order valence-electron chi connectivity index (χ3n) is 1.82. The summed E-state index contributed by atoms with van der Waals surface area (Å²) in [5, 5.41) is 46.8. The van der Waals surface area contributed by atoms with Crippen molar-refractivity contribution in [2.24, 2.45) is 0 Å². The molecule has 0 saturated carbocycles. The molecule has 1 radical (unpaired) electrons. The number of rotatable bonds is 8. The molecule has 0 aromatic carbocycles. The maximum absolute atomic E-state index is 9.49. The van der Waals surface area contributed by atoms with Gasteiger partial charge in [-0.15, -0.1) is 0 Å². The molecule has 0 aliphatic heterocycles. The topological polar surface area (TPSA) is 201 Å². The third-order valence-corrected chi connectivity index (χ3v) is 1.82. The molecule has 0 atom stereocenters. The Hall–Kier alpha value is -2.14. The van der Waals surface area contributed by atoms with Gasteiger partial charge in [0.2, 0.25) is 0 Å². The van der Waals surface area contributed by atoms with Crippen LogP contribution in [0.2, 0.25) is 0 Å². The molecule has 0 aromatic heterocycles. The fourth-order valence-electron chi connectivity index (χ4n) is 0.816. The fourth-order valence-corrected chi connectivity index (χ4v) is 0.816. The molecule has 0 fully saturated rings. The van der Waals surface area contributed by atoms with E-state index in [4.69, 9.17) is 9.90 Å². The normalized spacial score (nSPS) is 7.62. The van der Waals surface area contributed by atoms with E-state index < -0.39 is 29.8 Å². The first kappa shape index (κ1) is 41.3. The molecule has 0 aliphatic rings. The molecule has 0 saturated heterocycles. The fraction of sp³-hybridized carbons (Fsp3) is 0.722. The number of hydrogen-bond acceptors (Lipinski definition) is 10.